The van der Waals surface area contributed by atoms with Crippen LogP contribution in [0.3, 0.4) is 0 Å². The fourth-order valence-electron chi connectivity index (χ4n) is 4.68. The molecule has 1 aliphatic heterocycles. The lowest BCUT2D eigenvalue weighted by Gasteiger charge is -2.28. The number of nitrogens with zero attached hydrogens (tertiary/aromatic N) is 3. The number of rotatable bonds is 6. The number of alkyl halides is 3. The average Bonchev–Trinajstić information content (AvgIpc) is 3.49. The van der Waals surface area contributed by atoms with Crippen LogP contribution in [0.4, 0.5) is 18.9 Å². The van der Waals surface area contributed by atoms with Crippen molar-refractivity contribution in [3.05, 3.63) is 71.0 Å². The minimum absolute atomic E-state index is 0.0287. The maximum Gasteiger partial charge on any atom is 0.435 e. The number of halogens is 3. The van der Waals surface area contributed by atoms with Crippen molar-refractivity contribution < 1.29 is 27.4 Å². The summed E-state index contributed by atoms with van der Waals surface area (Å²) < 4.78 is 52.9. The third-order valence-electron chi connectivity index (χ3n) is 6.67. The van der Waals surface area contributed by atoms with Crippen LogP contribution in [0.25, 0.3) is 5.69 Å². The van der Waals surface area contributed by atoms with E-state index in [0.717, 1.165) is 23.1 Å². The molecule has 6 nitrogen and oxygen atoms in total. The van der Waals surface area contributed by atoms with Crippen LogP contribution in [-0.2, 0) is 22.7 Å². The summed E-state index contributed by atoms with van der Waals surface area (Å²) in [6, 6.07) is 14.1. The van der Waals surface area contributed by atoms with Crippen molar-refractivity contribution in [2.45, 2.75) is 30.9 Å². The molecule has 1 amide bonds. The van der Waals surface area contributed by atoms with Gasteiger partial charge in [-0.1, -0.05) is 12.1 Å². The Morgan fingerprint density at radius 1 is 1.00 bits per heavy atom. The highest BCUT2D eigenvalue weighted by Gasteiger charge is 2.45. The summed E-state index contributed by atoms with van der Waals surface area (Å²) in [4.78, 5) is 15.0. The van der Waals surface area contributed by atoms with Gasteiger partial charge in [-0.2, -0.15) is 18.3 Å². The van der Waals surface area contributed by atoms with Gasteiger partial charge in [0.2, 0.25) is 0 Å². The van der Waals surface area contributed by atoms with Gasteiger partial charge < -0.3 is 14.4 Å². The Morgan fingerprint density at radius 2 is 1.65 bits per heavy atom. The second-order valence-corrected chi connectivity index (χ2v) is 8.75. The molecule has 9 heteroatoms. The predicted octanol–water partition coefficient (Wildman–Crippen LogP) is 4.78. The van der Waals surface area contributed by atoms with Gasteiger partial charge in [0.15, 0.2) is 5.69 Å². The van der Waals surface area contributed by atoms with Gasteiger partial charge >= 0.3 is 6.18 Å². The first-order valence-corrected chi connectivity index (χ1v) is 11.0. The Bertz CT molecular complexity index is 1210. The second kappa shape index (κ2) is 8.16. The zero-order valence-corrected chi connectivity index (χ0v) is 18.9. The molecule has 34 heavy (non-hydrogen) atoms. The van der Waals surface area contributed by atoms with Crippen molar-refractivity contribution in [2.24, 2.45) is 0 Å². The first-order chi connectivity index (χ1) is 16.3. The molecule has 1 fully saturated rings. The Morgan fingerprint density at radius 3 is 2.21 bits per heavy atom. The van der Waals surface area contributed by atoms with E-state index in [-0.39, 0.29) is 29.6 Å². The summed E-state index contributed by atoms with van der Waals surface area (Å²) in [5.74, 6) is 0.0432. The number of carbonyl (C=O) groups is 1. The van der Waals surface area contributed by atoms with Crippen LogP contribution in [0.15, 0.2) is 48.5 Å². The smallest absolute Gasteiger partial charge is 0.435 e. The van der Waals surface area contributed by atoms with Gasteiger partial charge in [0.25, 0.3) is 5.91 Å². The van der Waals surface area contributed by atoms with E-state index in [1.165, 1.54) is 12.0 Å². The van der Waals surface area contributed by atoms with Crippen LogP contribution in [0.1, 0.15) is 40.2 Å². The van der Waals surface area contributed by atoms with Crippen molar-refractivity contribution in [1.82, 2.24) is 9.78 Å². The fraction of sp³-hybridized carbons (Fsp3) is 0.360. The maximum atomic E-state index is 13.8. The molecule has 0 radical (unpaired) electrons. The fourth-order valence-corrected chi connectivity index (χ4v) is 4.68. The molecule has 0 atom stereocenters. The standard InChI is InChI=1S/C25H24F3N3O3/c1-33-15-24(12-13-24)16-3-5-17(6-4-16)30-14-11-20-21(23(30)32)31(29-22(20)25(26,27)28)18-7-9-19(34-2)10-8-18/h3-10H,11-15H2,1-2H3. The van der Waals surface area contributed by atoms with E-state index in [1.54, 1.807) is 31.4 Å². The molecule has 178 valence electrons. The second-order valence-electron chi connectivity index (χ2n) is 8.75. The molecule has 2 heterocycles. The molecule has 5 rings (SSSR count). The SMILES string of the molecule is COCC1(c2ccc(N3CCc4c(C(F)(F)F)nn(-c5ccc(OC)cc5)c4C3=O)cc2)CC1. The summed E-state index contributed by atoms with van der Waals surface area (Å²) >= 11 is 0. The lowest BCUT2D eigenvalue weighted by molar-refractivity contribution is -0.141. The van der Waals surface area contributed by atoms with E-state index in [9.17, 15) is 18.0 Å². The Balaban J connectivity index is 1.52. The molecule has 1 aromatic heterocycles. The van der Waals surface area contributed by atoms with Gasteiger partial charge in [0, 0.05) is 30.3 Å². The lowest BCUT2D eigenvalue weighted by Crippen LogP contribution is -2.39. The highest BCUT2D eigenvalue weighted by molar-refractivity contribution is 6.07. The minimum Gasteiger partial charge on any atom is -0.497 e. The van der Waals surface area contributed by atoms with Crippen LogP contribution in [0.5, 0.6) is 5.75 Å². The summed E-state index contributed by atoms with van der Waals surface area (Å²) in [5.41, 5.74) is 1.02. The number of fused-ring (bicyclic) bond motifs is 1. The molecule has 3 aromatic rings. The summed E-state index contributed by atoms with van der Waals surface area (Å²) in [6.45, 7) is 0.783. The summed E-state index contributed by atoms with van der Waals surface area (Å²) in [7, 11) is 3.18. The van der Waals surface area contributed by atoms with Gasteiger partial charge in [0.05, 0.1) is 19.4 Å². The maximum absolute atomic E-state index is 13.8. The third kappa shape index (κ3) is 3.73. The molecule has 0 bridgehead atoms. The van der Waals surface area contributed by atoms with Crippen LogP contribution in [-0.4, -0.2) is 43.1 Å². The van der Waals surface area contributed by atoms with Gasteiger partial charge in [-0.3, -0.25) is 4.79 Å². The molecule has 2 aliphatic rings. The Kier molecular flexibility index (Phi) is 5.39. The number of benzene rings is 2. The number of aromatic nitrogens is 2. The molecule has 0 spiro atoms. The van der Waals surface area contributed by atoms with Crippen LogP contribution < -0.4 is 9.64 Å². The van der Waals surface area contributed by atoms with Gasteiger partial charge in [-0.25, -0.2) is 4.68 Å². The zero-order chi connectivity index (χ0) is 24.1. The number of ether oxygens (including phenoxy) is 2. The Hall–Kier alpha value is -3.33. The number of methoxy groups -OCH3 is 2. The van der Waals surface area contributed by atoms with Crippen molar-refractivity contribution in [3.8, 4) is 11.4 Å². The highest BCUT2D eigenvalue weighted by Crippen LogP contribution is 2.48. The van der Waals surface area contributed by atoms with E-state index in [4.69, 9.17) is 9.47 Å². The lowest BCUT2D eigenvalue weighted by atomic mass is 9.96. The molecule has 2 aromatic carbocycles. The number of carbonyl (C=O) groups excluding carboxylic acids is 1. The minimum atomic E-state index is -4.66. The molecule has 0 N–H and O–H groups in total. The van der Waals surface area contributed by atoms with Crippen molar-refractivity contribution >= 4 is 11.6 Å². The van der Waals surface area contributed by atoms with Crippen LogP contribution in [0.2, 0.25) is 0 Å². The molecule has 1 saturated carbocycles. The normalized spacial score (nSPS) is 17.0. The van der Waals surface area contributed by atoms with E-state index in [2.05, 4.69) is 5.10 Å². The molecule has 1 aliphatic carbocycles. The van der Waals surface area contributed by atoms with E-state index >= 15 is 0 Å². The largest absolute Gasteiger partial charge is 0.497 e. The number of hydrogen-bond acceptors (Lipinski definition) is 4. The molecular weight excluding hydrogens is 447 g/mol. The van der Waals surface area contributed by atoms with Crippen molar-refractivity contribution in [1.29, 1.82) is 0 Å². The topological polar surface area (TPSA) is 56.6 Å². The molecule has 0 saturated heterocycles. The monoisotopic (exact) mass is 471 g/mol. The first kappa shape index (κ1) is 22.5. The number of amides is 1. The van der Waals surface area contributed by atoms with Crippen LogP contribution in [0, 0.1) is 0 Å². The van der Waals surface area contributed by atoms with E-state index in [0.29, 0.717) is 23.7 Å². The quantitative estimate of drug-likeness (QED) is 0.519. The van der Waals surface area contributed by atoms with E-state index in [1.807, 2.05) is 24.3 Å². The number of hydrogen-bond donors (Lipinski definition) is 0. The summed E-state index contributed by atoms with van der Waals surface area (Å²) in [5, 5.41) is 3.83. The molecule has 0 unspecified atom stereocenters. The van der Waals surface area contributed by atoms with Crippen molar-refractivity contribution in [2.75, 3.05) is 32.3 Å². The average molecular weight is 471 g/mol. The predicted molar refractivity (Wildman–Crippen MR) is 120 cm³/mol. The molecular formula is C25H24F3N3O3. The van der Waals surface area contributed by atoms with E-state index < -0.39 is 17.8 Å². The third-order valence-corrected chi connectivity index (χ3v) is 6.67. The van der Waals surface area contributed by atoms with Crippen LogP contribution >= 0.6 is 0 Å². The zero-order valence-electron chi connectivity index (χ0n) is 18.9. The summed E-state index contributed by atoms with van der Waals surface area (Å²) in [6.07, 6.45) is -2.51. The highest BCUT2D eigenvalue weighted by atomic mass is 19.4. The van der Waals surface area contributed by atoms with Gasteiger partial charge in [-0.05, 0) is 61.2 Å². The Labute approximate surface area is 194 Å². The van der Waals surface area contributed by atoms with Gasteiger partial charge in [0.1, 0.15) is 11.4 Å². The van der Waals surface area contributed by atoms with Crippen molar-refractivity contribution in [3.63, 3.8) is 0 Å². The first-order valence-electron chi connectivity index (χ1n) is 11.0. The van der Waals surface area contributed by atoms with Gasteiger partial charge in [-0.15, -0.1) is 0 Å². The number of anilines is 1.